The van der Waals surface area contributed by atoms with Gasteiger partial charge >= 0.3 is 0 Å². The lowest BCUT2D eigenvalue weighted by molar-refractivity contribution is 0.669. The molecule has 4 heteroatoms. The molecule has 4 nitrogen and oxygen atoms in total. The minimum absolute atomic E-state index is 0.623. The molecule has 0 N–H and O–H groups in total. The number of benzene rings is 9. The van der Waals surface area contributed by atoms with Crippen molar-refractivity contribution in [3.05, 3.63) is 176 Å². The number of hydrogen-bond donors (Lipinski definition) is 0. The Morgan fingerprint density at radius 2 is 0.868 bits per heavy atom. The van der Waals surface area contributed by atoms with Crippen molar-refractivity contribution in [1.82, 2.24) is 15.0 Å². The summed E-state index contributed by atoms with van der Waals surface area (Å²) >= 11 is 0. The Bertz CT molecular complexity index is 3240. The fraction of sp³-hybridized carbons (Fsp3) is 0. The van der Waals surface area contributed by atoms with E-state index in [1.165, 1.54) is 32.7 Å². The number of para-hydroxylation sites is 1. The van der Waals surface area contributed by atoms with Crippen LogP contribution >= 0.6 is 0 Å². The molecule has 9 aromatic carbocycles. The largest absolute Gasteiger partial charge is 0.456 e. The summed E-state index contributed by atoms with van der Waals surface area (Å²) in [6, 6.07) is 61.7. The van der Waals surface area contributed by atoms with Crippen molar-refractivity contribution < 1.29 is 4.42 Å². The average Bonchev–Trinajstić information content (AvgIpc) is 3.59. The van der Waals surface area contributed by atoms with Gasteiger partial charge in [-0.1, -0.05) is 140 Å². The molecule has 0 radical (unpaired) electrons. The second-order valence-electron chi connectivity index (χ2n) is 13.6. The van der Waals surface area contributed by atoms with Gasteiger partial charge in [-0.15, -0.1) is 0 Å². The Morgan fingerprint density at radius 3 is 1.68 bits per heavy atom. The first kappa shape index (κ1) is 29.5. The van der Waals surface area contributed by atoms with Crippen molar-refractivity contribution in [2.24, 2.45) is 0 Å². The summed E-state index contributed by atoms with van der Waals surface area (Å²) < 4.78 is 6.20. The standard InChI is InChI=1S/C49H29N3O/c1-2-10-30(11-3-1)38-24-25-42(40-15-7-6-14-39(38)40)49-51-47(34-23-21-33-29-46-44(28-36(33)26-34)41-16-8-9-17-45(41)53-46)50-48(52-49)35-22-20-32-19-18-31-12-4-5-13-37(31)43(32)27-35/h1-29H. The van der Waals surface area contributed by atoms with Crippen LogP contribution in [0.3, 0.4) is 0 Å². The van der Waals surface area contributed by atoms with E-state index in [-0.39, 0.29) is 0 Å². The summed E-state index contributed by atoms with van der Waals surface area (Å²) in [4.78, 5) is 15.7. The lowest BCUT2D eigenvalue weighted by Crippen LogP contribution is -2.01. The predicted octanol–water partition coefficient (Wildman–Crippen LogP) is 13.1. The van der Waals surface area contributed by atoms with Crippen LogP contribution in [0.25, 0.3) is 110 Å². The van der Waals surface area contributed by atoms with Gasteiger partial charge in [0.1, 0.15) is 11.2 Å². The number of furan rings is 1. The molecule has 11 aromatic rings. The maximum Gasteiger partial charge on any atom is 0.164 e. The van der Waals surface area contributed by atoms with Gasteiger partial charge in [0.05, 0.1) is 0 Å². The van der Waals surface area contributed by atoms with Crippen LogP contribution in [0, 0.1) is 0 Å². The van der Waals surface area contributed by atoms with E-state index in [1.807, 2.05) is 12.1 Å². The zero-order valence-electron chi connectivity index (χ0n) is 28.5. The predicted molar refractivity (Wildman–Crippen MR) is 219 cm³/mol. The molecule has 0 bridgehead atoms. The van der Waals surface area contributed by atoms with E-state index in [0.717, 1.165) is 60.2 Å². The Labute approximate surface area is 304 Å². The Morgan fingerprint density at radius 1 is 0.283 bits per heavy atom. The molecule has 53 heavy (non-hydrogen) atoms. The second kappa shape index (κ2) is 11.7. The minimum atomic E-state index is 0.623. The lowest BCUT2D eigenvalue weighted by atomic mass is 9.94. The van der Waals surface area contributed by atoms with E-state index < -0.39 is 0 Å². The first-order valence-corrected chi connectivity index (χ1v) is 17.8. The van der Waals surface area contributed by atoms with Crippen LogP contribution in [-0.2, 0) is 0 Å². The van der Waals surface area contributed by atoms with Gasteiger partial charge in [-0.2, -0.15) is 0 Å². The number of hydrogen-bond acceptors (Lipinski definition) is 4. The third kappa shape index (κ3) is 4.88. The van der Waals surface area contributed by atoms with Crippen LogP contribution in [-0.4, -0.2) is 15.0 Å². The van der Waals surface area contributed by atoms with Crippen LogP contribution in [0.2, 0.25) is 0 Å². The molecule has 0 aliphatic rings. The van der Waals surface area contributed by atoms with E-state index in [9.17, 15) is 0 Å². The summed E-state index contributed by atoms with van der Waals surface area (Å²) in [6.07, 6.45) is 0. The summed E-state index contributed by atoms with van der Waals surface area (Å²) in [5.74, 6) is 1.89. The van der Waals surface area contributed by atoms with Crippen LogP contribution in [0.15, 0.2) is 180 Å². The lowest BCUT2D eigenvalue weighted by Gasteiger charge is -2.13. The van der Waals surface area contributed by atoms with Gasteiger partial charge in [0.15, 0.2) is 17.5 Å². The molecule has 0 aliphatic heterocycles. The minimum Gasteiger partial charge on any atom is -0.456 e. The highest BCUT2D eigenvalue weighted by molar-refractivity contribution is 6.11. The maximum atomic E-state index is 6.20. The van der Waals surface area contributed by atoms with Gasteiger partial charge < -0.3 is 4.42 Å². The third-order valence-corrected chi connectivity index (χ3v) is 10.5. The molecule has 2 aromatic heterocycles. The van der Waals surface area contributed by atoms with Crippen molar-refractivity contribution in [3.8, 4) is 45.3 Å². The molecular weight excluding hydrogens is 647 g/mol. The van der Waals surface area contributed by atoms with Crippen LogP contribution in [0.5, 0.6) is 0 Å². The molecule has 11 rings (SSSR count). The van der Waals surface area contributed by atoms with Gasteiger partial charge in [-0.3, -0.25) is 0 Å². The number of aromatic nitrogens is 3. The molecule has 0 saturated heterocycles. The highest BCUT2D eigenvalue weighted by atomic mass is 16.3. The summed E-state index contributed by atoms with van der Waals surface area (Å²) in [6.45, 7) is 0. The van der Waals surface area contributed by atoms with E-state index in [4.69, 9.17) is 19.4 Å². The summed E-state index contributed by atoms with van der Waals surface area (Å²) in [7, 11) is 0. The quantitative estimate of drug-likeness (QED) is 0.174. The first-order valence-electron chi connectivity index (χ1n) is 17.8. The smallest absolute Gasteiger partial charge is 0.164 e. The maximum absolute atomic E-state index is 6.20. The fourth-order valence-electron chi connectivity index (χ4n) is 7.87. The SMILES string of the molecule is c1ccc(-c2ccc(-c3nc(-c4ccc5cc6oc7ccccc7c6cc5c4)nc(-c4ccc5ccc6ccccc6c5c4)n3)c3ccccc23)cc1. The van der Waals surface area contributed by atoms with E-state index in [1.54, 1.807) is 0 Å². The number of nitrogens with zero attached hydrogens (tertiary/aromatic N) is 3. The molecule has 0 fully saturated rings. The Hall–Kier alpha value is -7.17. The summed E-state index contributed by atoms with van der Waals surface area (Å²) in [5, 5.41) is 11.4. The molecule has 0 aliphatic carbocycles. The van der Waals surface area contributed by atoms with Gasteiger partial charge in [0.25, 0.3) is 0 Å². The van der Waals surface area contributed by atoms with Gasteiger partial charge in [-0.25, -0.2) is 15.0 Å². The highest BCUT2D eigenvalue weighted by Gasteiger charge is 2.17. The van der Waals surface area contributed by atoms with Crippen molar-refractivity contribution in [2.75, 3.05) is 0 Å². The summed E-state index contributed by atoms with van der Waals surface area (Å²) in [5.41, 5.74) is 6.94. The monoisotopic (exact) mass is 675 g/mol. The normalized spacial score (nSPS) is 11.8. The highest BCUT2D eigenvalue weighted by Crippen LogP contribution is 2.38. The van der Waals surface area contributed by atoms with Crippen LogP contribution in [0.4, 0.5) is 0 Å². The average molecular weight is 676 g/mol. The topological polar surface area (TPSA) is 51.8 Å². The van der Waals surface area contributed by atoms with Crippen molar-refractivity contribution >= 4 is 65.0 Å². The van der Waals surface area contributed by atoms with E-state index in [2.05, 4.69) is 164 Å². The number of rotatable bonds is 4. The van der Waals surface area contributed by atoms with Crippen LogP contribution in [0.1, 0.15) is 0 Å². The molecule has 0 atom stereocenters. The molecule has 246 valence electrons. The van der Waals surface area contributed by atoms with Gasteiger partial charge in [0.2, 0.25) is 0 Å². The Balaban J connectivity index is 1.14. The Kier molecular flexibility index (Phi) is 6.52. The molecule has 0 spiro atoms. The molecule has 2 heterocycles. The van der Waals surface area contributed by atoms with Gasteiger partial charge in [0, 0.05) is 27.5 Å². The number of fused-ring (bicyclic) bond motifs is 8. The molecular formula is C49H29N3O. The molecule has 0 unspecified atom stereocenters. The van der Waals surface area contributed by atoms with E-state index in [0.29, 0.717) is 17.5 Å². The molecule has 0 amide bonds. The van der Waals surface area contributed by atoms with Crippen LogP contribution < -0.4 is 0 Å². The van der Waals surface area contributed by atoms with Crippen molar-refractivity contribution in [3.63, 3.8) is 0 Å². The zero-order valence-corrected chi connectivity index (χ0v) is 28.5. The van der Waals surface area contributed by atoms with E-state index >= 15 is 0 Å². The fourth-order valence-corrected chi connectivity index (χ4v) is 7.87. The first-order chi connectivity index (χ1) is 26.2. The zero-order chi connectivity index (χ0) is 34.9. The third-order valence-electron chi connectivity index (χ3n) is 10.5. The van der Waals surface area contributed by atoms with Crippen molar-refractivity contribution in [1.29, 1.82) is 0 Å². The second-order valence-corrected chi connectivity index (χ2v) is 13.6. The molecule has 0 saturated carbocycles. The van der Waals surface area contributed by atoms with Crippen molar-refractivity contribution in [2.45, 2.75) is 0 Å². The van der Waals surface area contributed by atoms with Gasteiger partial charge in [-0.05, 0) is 90.6 Å².